The second-order valence-corrected chi connectivity index (χ2v) is 6.08. The molecular formula is C17H8Cl2F3N3O2. The molecule has 0 aliphatic heterocycles. The topological polar surface area (TPSA) is 68.1 Å². The van der Waals surface area contributed by atoms with Crippen LogP contribution in [0.15, 0.2) is 42.6 Å². The highest BCUT2D eigenvalue weighted by molar-refractivity contribution is 6.36. The van der Waals surface area contributed by atoms with Crippen LogP contribution >= 0.6 is 23.2 Å². The predicted octanol–water partition coefficient (Wildman–Crippen LogP) is 6.12. The first-order valence-electron chi connectivity index (χ1n) is 7.28. The van der Waals surface area contributed by atoms with Gasteiger partial charge in [0.15, 0.2) is 11.5 Å². The molecule has 1 aromatic heterocycles. The predicted molar refractivity (Wildman–Crippen MR) is 95.9 cm³/mol. The molecule has 0 atom stereocenters. The van der Waals surface area contributed by atoms with E-state index in [9.17, 15) is 23.3 Å². The minimum atomic E-state index is -1.18. The Hall–Kier alpha value is -2.84. The molecule has 5 nitrogen and oxygen atoms in total. The molecule has 1 heterocycles. The lowest BCUT2D eigenvalue weighted by atomic mass is 10.1. The summed E-state index contributed by atoms with van der Waals surface area (Å²) >= 11 is 12.2. The lowest BCUT2D eigenvalue weighted by Crippen LogP contribution is -2.03. The number of hydrogen-bond acceptors (Lipinski definition) is 4. The Morgan fingerprint density at radius 3 is 2.44 bits per heavy atom. The van der Waals surface area contributed by atoms with Crippen LogP contribution in [0.3, 0.4) is 0 Å². The third kappa shape index (κ3) is 3.81. The number of nitrogens with zero attached hydrogens (tertiary/aromatic N) is 2. The van der Waals surface area contributed by atoms with Crippen LogP contribution in [0, 0.1) is 27.6 Å². The van der Waals surface area contributed by atoms with Gasteiger partial charge >= 0.3 is 0 Å². The van der Waals surface area contributed by atoms with Crippen LogP contribution in [0.4, 0.5) is 30.2 Å². The maximum atomic E-state index is 14.2. The Bertz CT molecular complexity index is 1060. The highest BCUT2D eigenvalue weighted by Gasteiger charge is 2.23. The molecule has 0 saturated carbocycles. The number of pyridine rings is 1. The molecule has 0 fully saturated rings. The number of halogens is 5. The molecule has 2 aromatic carbocycles. The zero-order chi connectivity index (χ0) is 19.7. The summed E-state index contributed by atoms with van der Waals surface area (Å²) < 4.78 is 40.9. The first-order valence-corrected chi connectivity index (χ1v) is 8.04. The van der Waals surface area contributed by atoms with Crippen molar-refractivity contribution in [2.75, 3.05) is 5.32 Å². The minimum Gasteiger partial charge on any atom is -0.347 e. The van der Waals surface area contributed by atoms with Crippen molar-refractivity contribution in [2.45, 2.75) is 0 Å². The lowest BCUT2D eigenvalue weighted by Gasteiger charge is -2.15. The fourth-order valence-electron chi connectivity index (χ4n) is 2.45. The second kappa shape index (κ2) is 7.42. The minimum absolute atomic E-state index is 0.00188. The molecule has 0 spiro atoms. The van der Waals surface area contributed by atoms with Gasteiger partial charge in [-0.25, -0.2) is 18.2 Å². The zero-order valence-corrected chi connectivity index (χ0v) is 14.7. The van der Waals surface area contributed by atoms with Crippen LogP contribution in [0.25, 0.3) is 11.1 Å². The molecule has 3 aromatic rings. The van der Waals surface area contributed by atoms with E-state index in [1.807, 2.05) is 0 Å². The largest absolute Gasteiger partial charge is 0.347 e. The Morgan fingerprint density at radius 1 is 1.04 bits per heavy atom. The molecule has 0 bridgehead atoms. The van der Waals surface area contributed by atoms with Gasteiger partial charge in [-0.05, 0) is 24.3 Å². The van der Waals surface area contributed by atoms with Gasteiger partial charge in [-0.15, -0.1) is 0 Å². The third-order valence-corrected chi connectivity index (χ3v) is 4.20. The summed E-state index contributed by atoms with van der Waals surface area (Å²) in [7, 11) is 0. The van der Waals surface area contributed by atoms with Crippen molar-refractivity contribution >= 4 is 40.3 Å². The van der Waals surface area contributed by atoms with Crippen LogP contribution in [-0.2, 0) is 0 Å². The first-order chi connectivity index (χ1) is 12.8. The number of nitrogens with one attached hydrogen (secondary N) is 1. The van der Waals surface area contributed by atoms with Crippen LogP contribution in [0.2, 0.25) is 10.2 Å². The van der Waals surface area contributed by atoms with E-state index in [-0.39, 0.29) is 27.0 Å². The van der Waals surface area contributed by atoms with Gasteiger partial charge in [-0.2, -0.15) is 0 Å². The molecule has 27 heavy (non-hydrogen) atoms. The number of nitro groups is 1. The van der Waals surface area contributed by atoms with Crippen LogP contribution in [0.5, 0.6) is 0 Å². The summed E-state index contributed by atoms with van der Waals surface area (Å²) in [6, 6.07) is 5.97. The van der Waals surface area contributed by atoms with E-state index in [0.29, 0.717) is 12.1 Å². The van der Waals surface area contributed by atoms with Crippen molar-refractivity contribution in [3.05, 3.63) is 80.3 Å². The molecule has 0 amide bonds. The Labute approximate surface area is 160 Å². The van der Waals surface area contributed by atoms with Crippen molar-refractivity contribution < 1.29 is 18.1 Å². The average molecular weight is 414 g/mol. The van der Waals surface area contributed by atoms with E-state index < -0.39 is 33.7 Å². The summed E-state index contributed by atoms with van der Waals surface area (Å²) in [5.74, 6) is -2.86. The van der Waals surface area contributed by atoms with Gasteiger partial charge in [-0.3, -0.25) is 10.1 Å². The zero-order valence-electron chi connectivity index (χ0n) is 13.1. The maximum Gasteiger partial charge on any atom is 0.298 e. The number of benzene rings is 2. The monoisotopic (exact) mass is 413 g/mol. The van der Waals surface area contributed by atoms with Crippen molar-refractivity contribution in [1.82, 2.24) is 4.98 Å². The molecule has 0 unspecified atom stereocenters. The van der Waals surface area contributed by atoms with Gasteiger partial charge < -0.3 is 5.32 Å². The van der Waals surface area contributed by atoms with Crippen molar-refractivity contribution in [3.8, 4) is 11.1 Å². The lowest BCUT2D eigenvalue weighted by molar-refractivity contribution is -0.384. The van der Waals surface area contributed by atoms with Crippen molar-refractivity contribution in [3.63, 3.8) is 0 Å². The summed E-state index contributed by atoms with van der Waals surface area (Å²) in [6.45, 7) is 0. The highest BCUT2D eigenvalue weighted by Crippen LogP contribution is 2.41. The summed E-state index contributed by atoms with van der Waals surface area (Å²) in [5.41, 5.74) is -0.831. The van der Waals surface area contributed by atoms with Crippen LogP contribution in [-0.4, -0.2) is 9.91 Å². The Balaban J connectivity index is 2.18. The van der Waals surface area contributed by atoms with E-state index in [0.717, 1.165) is 12.1 Å². The van der Waals surface area contributed by atoms with Gasteiger partial charge in [0.05, 0.1) is 21.7 Å². The molecule has 0 saturated heterocycles. The Kier molecular flexibility index (Phi) is 5.20. The first kappa shape index (κ1) is 18.9. The maximum absolute atomic E-state index is 14.2. The van der Waals surface area contributed by atoms with E-state index in [4.69, 9.17) is 23.2 Å². The standard InChI is InChI=1S/C17H8Cl2F3N3O2/c18-11-5-8(20)1-2-10(11)15-13(3-4-23-17(15)19)24-16-12(22)6-9(21)7-14(16)25(26)27/h1-7H,(H,23,24). The number of rotatable bonds is 4. The average Bonchev–Trinajstić information content (AvgIpc) is 2.58. The van der Waals surface area contributed by atoms with Crippen LogP contribution < -0.4 is 5.32 Å². The molecule has 1 N–H and O–H groups in total. The van der Waals surface area contributed by atoms with Gasteiger partial charge in [0.25, 0.3) is 5.69 Å². The summed E-state index contributed by atoms with van der Waals surface area (Å²) in [6.07, 6.45) is 1.28. The second-order valence-electron chi connectivity index (χ2n) is 5.31. The van der Waals surface area contributed by atoms with E-state index in [2.05, 4.69) is 10.3 Å². The molecule has 0 aliphatic rings. The van der Waals surface area contributed by atoms with Crippen molar-refractivity contribution in [2.24, 2.45) is 0 Å². The summed E-state index contributed by atoms with van der Waals surface area (Å²) in [4.78, 5) is 14.1. The third-order valence-electron chi connectivity index (χ3n) is 3.60. The van der Waals surface area contributed by atoms with Gasteiger partial charge in [0, 0.05) is 23.4 Å². The molecular weight excluding hydrogens is 406 g/mol. The Morgan fingerprint density at radius 2 is 1.78 bits per heavy atom. The van der Waals surface area contributed by atoms with E-state index in [1.165, 1.54) is 18.3 Å². The van der Waals surface area contributed by atoms with E-state index >= 15 is 0 Å². The van der Waals surface area contributed by atoms with Gasteiger partial charge in [-0.1, -0.05) is 23.2 Å². The molecule has 0 aliphatic carbocycles. The van der Waals surface area contributed by atoms with Crippen LogP contribution in [0.1, 0.15) is 0 Å². The normalized spacial score (nSPS) is 10.7. The number of aromatic nitrogens is 1. The number of hydrogen-bond donors (Lipinski definition) is 1. The molecule has 0 radical (unpaired) electrons. The van der Waals surface area contributed by atoms with Gasteiger partial charge in [0.1, 0.15) is 16.8 Å². The molecule has 3 rings (SSSR count). The van der Waals surface area contributed by atoms with Gasteiger partial charge in [0.2, 0.25) is 0 Å². The van der Waals surface area contributed by atoms with Crippen molar-refractivity contribution in [1.29, 1.82) is 0 Å². The number of nitro benzene ring substituents is 1. The van der Waals surface area contributed by atoms with E-state index in [1.54, 1.807) is 0 Å². The SMILES string of the molecule is O=[N+]([O-])c1cc(F)cc(F)c1Nc1ccnc(Cl)c1-c1ccc(F)cc1Cl. The fraction of sp³-hybridized carbons (Fsp3) is 0. The smallest absolute Gasteiger partial charge is 0.298 e. The fourth-order valence-corrected chi connectivity index (χ4v) is 2.97. The summed E-state index contributed by atoms with van der Waals surface area (Å²) in [5, 5.41) is 13.6. The molecule has 138 valence electrons. The molecule has 10 heteroatoms. The number of anilines is 2. The quantitative estimate of drug-likeness (QED) is 0.317. The highest BCUT2D eigenvalue weighted by atomic mass is 35.5.